The summed E-state index contributed by atoms with van der Waals surface area (Å²) in [6.45, 7) is 0. The summed E-state index contributed by atoms with van der Waals surface area (Å²) in [6, 6.07) is 14.1. The van der Waals surface area contributed by atoms with Gasteiger partial charge in [-0.1, -0.05) is 18.2 Å². The van der Waals surface area contributed by atoms with Crippen molar-refractivity contribution >= 4 is 29.0 Å². The van der Waals surface area contributed by atoms with Gasteiger partial charge >= 0.3 is 0 Å². The van der Waals surface area contributed by atoms with Gasteiger partial charge in [0.25, 0.3) is 5.69 Å². The van der Waals surface area contributed by atoms with Gasteiger partial charge in [-0.3, -0.25) is 14.9 Å². The lowest BCUT2D eigenvalue weighted by Crippen LogP contribution is -2.13. The van der Waals surface area contributed by atoms with Gasteiger partial charge in [0.15, 0.2) is 0 Å². The highest BCUT2D eigenvalue weighted by Crippen LogP contribution is 2.29. The summed E-state index contributed by atoms with van der Waals surface area (Å²) >= 11 is 1.56. The molecule has 0 heterocycles. The fourth-order valence-electron chi connectivity index (χ4n) is 1.89. The number of amides is 1. The van der Waals surface area contributed by atoms with Crippen molar-refractivity contribution in [3.05, 3.63) is 58.6 Å². The molecule has 2 aromatic rings. The zero-order valence-corrected chi connectivity index (χ0v) is 13.3. The first kappa shape index (κ1) is 16.8. The molecule has 0 radical (unpaired) electrons. The van der Waals surface area contributed by atoms with Crippen molar-refractivity contribution in [2.24, 2.45) is 0 Å². The number of nitro benzene ring substituents is 1. The third-order valence-corrected chi connectivity index (χ3v) is 4.03. The van der Waals surface area contributed by atoms with E-state index in [1.165, 1.54) is 19.2 Å². The number of nitrogens with zero attached hydrogens (tertiary/aromatic N) is 1. The average Bonchev–Trinajstić information content (AvgIpc) is 2.56. The molecule has 2 aromatic carbocycles. The van der Waals surface area contributed by atoms with Crippen LogP contribution in [0.3, 0.4) is 0 Å². The number of carbonyl (C=O) groups is 1. The maximum Gasteiger partial charge on any atom is 0.296 e. The van der Waals surface area contributed by atoms with Crippen LogP contribution in [0.1, 0.15) is 6.42 Å². The number of anilines is 1. The monoisotopic (exact) mass is 332 g/mol. The van der Waals surface area contributed by atoms with Crippen LogP contribution < -0.4 is 10.1 Å². The van der Waals surface area contributed by atoms with Gasteiger partial charge in [-0.05, 0) is 24.3 Å². The molecule has 0 fully saturated rings. The molecule has 0 bridgehead atoms. The van der Waals surface area contributed by atoms with Gasteiger partial charge < -0.3 is 10.1 Å². The summed E-state index contributed by atoms with van der Waals surface area (Å²) in [4.78, 5) is 23.6. The number of nitro groups is 1. The van der Waals surface area contributed by atoms with E-state index in [0.717, 1.165) is 4.90 Å². The van der Waals surface area contributed by atoms with Crippen LogP contribution in [0.2, 0.25) is 0 Å². The van der Waals surface area contributed by atoms with Crippen LogP contribution in [0.5, 0.6) is 5.75 Å². The molecule has 0 atom stereocenters. The van der Waals surface area contributed by atoms with E-state index in [0.29, 0.717) is 11.5 Å². The minimum Gasteiger partial charge on any atom is -0.496 e. The van der Waals surface area contributed by atoms with E-state index in [9.17, 15) is 14.9 Å². The van der Waals surface area contributed by atoms with Crippen LogP contribution in [-0.2, 0) is 4.79 Å². The van der Waals surface area contributed by atoms with Crippen molar-refractivity contribution in [3.8, 4) is 5.75 Å². The number of methoxy groups -OCH3 is 1. The quantitative estimate of drug-likeness (QED) is 0.475. The van der Waals surface area contributed by atoms with E-state index in [1.807, 2.05) is 30.3 Å². The van der Waals surface area contributed by atoms with E-state index in [4.69, 9.17) is 4.74 Å². The number of hydrogen-bond acceptors (Lipinski definition) is 5. The molecule has 0 aliphatic heterocycles. The van der Waals surface area contributed by atoms with Crippen molar-refractivity contribution < 1.29 is 14.5 Å². The number of rotatable bonds is 7. The smallest absolute Gasteiger partial charge is 0.296 e. The molecule has 0 aliphatic carbocycles. The number of hydrogen-bond donors (Lipinski definition) is 1. The Morgan fingerprint density at radius 1 is 1.26 bits per heavy atom. The van der Waals surface area contributed by atoms with Gasteiger partial charge in [0.1, 0.15) is 11.4 Å². The zero-order chi connectivity index (χ0) is 16.7. The Labute approximate surface area is 138 Å². The van der Waals surface area contributed by atoms with Gasteiger partial charge in [-0.25, -0.2) is 0 Å². The molecule has 120 valence electrons. The number of benzene rings is 2. The van der Waals surface area contributed by atoms with Gasteiger partial charge in [-0.15, -0.1) is 11.8 Å². The molecule has 2 rings (SSSR count). The van der Waals surface area contributed by atoms with Crippen molar-refractivity contribution in [2.75, 3.05) is 18.2 Å². The SMILES string of the molecule is COc1ccc(NC(=O)CCSc2ccccc2)c([N+](=O)[O-])c1. The molecule has 0 spiro atoms. The standard InChI is InChI=1S/C16H16N2O4S/c1-22-12-7-8-14(15(11-12)18(20)21)17-16(19)9-10-23-13-5-3-2-4-6-13/h2-8,11H,9-10H2,1H3,(H,17,19). The van der Waals surface area contributed by atoms with Crippen LogP contribution in [-0.4, -0.2) is 23.7 Å². The summed E-state index contributed by atoms with van der Waals surface area (Å²) in [7, 11) is 1.43. The van der Waals surface area contributed by atoms with Crippen LogP contribution in [0.4, 0.5) is 11.4 Å². The minimum absolute atomic E-state index is 0.172. The molecular formula is C16H16N2O4S. The number of thioether (sulfide) groups is 1. The molecule has 0 saturated carbocycles. The summed E-state index contributed by atoms with van der Waals surface area (Å²) in [6.07, 6.45) is 0.267. The molecule has 0 aromatic heterocycles. The summed E-state index contributed by atoms with van der Waals surface area (Å²) in [5, 5.41) is 13.6. The summed E-state index contributed by atoms with van der Waals surface area (Å²) < 4.78 is 4.96. The predicted octanol–water partition coefficient (Wildman–Crippen LogP) is 3.72. The Morgan fingerprint density at radius 2 is 2.00 bits per heavy atom. The Hall–Kier alpha value is -2.54. The molecular weight excluding hydrogens is 316 g/mol. The number of carbonyl (C=O) groups excluding carboxylic acids is 1. The average molecular weight is 332 g/mol. The number of nitrogens with one attached hydrogen (secondary N) is 1. The molecule has 0 aliphatic rings. The third-order valence-electron chi connectivity index (χ3n) is 3.02. The second-order valence-corrected chi connectivity index (χ2v) is 5.77. The predicted molar refractivity (Wildman–Crippen MR) is 90.1 cm³/mol. The van der Waals surface area contributed by atoms with Gasteiger partial charge in [0.05, 0.1) is 18.1 Å². The highest BCUT2D eigenvalue weighted by Gasteiger charge is 2.17. The largest absolute Gasteiger partial charge is 0.496 e. The molecule has 23 heavy (non-hydrogen) atoms. The maximum absolute atomic E-state index is 12.0. The minimum atomic E-state index is -0.545. The number of ether oxygens (including phenoxy) is 1. The Balaban J connectivity index is 1.93. The van der Waals surface area contributed by atoms with Crippen LogP contribution in [0.15, 0.2) is 53.4 Å². The molecule has 1 N–H and O–H groups in total. The van der Waals surface area contributed by atoms with Gasteiger partial charge in [0, 0.05) is 17.1 Å². The molecule has 7 heteroatoms. The normalized spacial score (nSPS) is 10.1. The topological polar surface area (TPSA) is 81.5 Å². The van der Waals surface area contributed by atoms with E-state index in [-0.39, 0.29) is 23.7 Å². The fraction of sp³-hybridized carbons (Fsp3) is 0.188. The lowest BCUT2D eigenvalue weighted by atomic mass is 10.2. The van der Waals surface area contributed by atoms with Crippen LogP contribution in [0, 0.1) is 10.1 Å². The maximum atomic E-state index is 12.0. The van der Waals surface area contributed by atoms with Crippen molar-refractivity contribution in [1.29, 1.82) is 0 Å². The van der Waals surface area contributed by atoms with E-state index in [1.54, 1.807) is 17.8 Å². The Kier molecular flexibility index (Phi) is 5.99. The van der Waals surface area contributed by atoms with Crippen molar-refractivity contribution in [2.45, 2.75) is 11.3 Å². The van der Waals surface area contributed by atoms with E-state index >= 15 is 0 Å². The fourth-order valence-corrected chi connectivity index (χ4v) is 2.76. The second kappa shape index (κ2) is 8.19. The van der Waals surface area contributed by atoms with E-state index < -0.39 is 4.92 Å². The zero-order valence-electron chi connectivity index (χ0n) is 12.5. The molecule has 0 saturated heterocycles. The van der Waals surface area contributed by atoms with Crippen molar-refractivity contribution in [3.63, 3.8) is 0 Å². The first-order chi connectivity index (χ1) is 11.1. The molecule has 1 amide bonds. The lowest BCUT2D eigenvalue weighted by Gasteiger charge is -2.07. The summed E-state index contributed by atoms with van der Waals surface area (Å²) in [5.41, 5.74) is -0.0149. The first-order valence-corrected chi connectivity index (χ1v) is 7.89. The van der Waals surface area contributed by atoms with Gasteiger partial charge in [-0.2, -0.15) is 0 Å². The second-order valence-electron chi connectivity index (χ2n) is 4.60. The Morgan fingerprint density at radius 3 is 2.65 bits per heavy atom. The van der Waals surface area contributed by atoms with Crippen LogP contribution in [0.25, 0.3) is 0 Å². The van der Waals surface area contributed by atoms with E-state index in [2.05, 4.69) is 5.32 Å². The van der Waals surface area contributed by atoms with Crippen LogP contribution >= 0.6 is 11.8 Å². The lowest BCUT2D eigenvalue weighted by molar-refractivity contribution is -0.384. The summed E-state index contributed by atoms with van der Waals surface area (Å²) in [5.74, 6) is 0.704. The molecule has 6 nitrogen and oxygen atoms in total. The van der Waals surface area contributed by atoms with Gasteiger partial charge in [0.2, 0.25) is 5.91 Å². The first-order valence-electron chi connectivity index (χ1n) is 6.90. The third kappa shape index (κ3) is 5.00. The highest BCUT2D eigenvalue weighted by atomic mass is 32.2. The van der Waals surface area contributed by atoms with Crippen molar-refractivity contribution in [1.82, 2.24) is 0 Å². The highest BCUT2D eigenvalue weighted by molar-refractivity contribution is 7.99. The Bertz CT molecular complexity index is 692. The molecule has 0 unspecified atom stereocenters.